The van der Waals surface area contributed by atoms with Crippen LogP contribution in [0.2, 0.25) is 5.02 Å². The monoisotopic (exact) mass is 385 g/mol. The minimum atomic E-state index is -0.0622. The first-order chi connectivity index (χ1) is 9.06. The summed E-state index contributed by atoms with van der Waals surface area (Å²) in [5, 5.41) is 3.59. The highest BCUT2D eigenvalue weighted by Gasteiger charge is 2.06. The first-order valence-electron chi connectivity index (χ1n) is 5.85. The van der Waals surface area contributed by atoms with Crippen molar-refractivity contribution in [1.82, 2.24) is 5.32 Å². The van der Waals surface area contributed by atoms with E-state index in [-0.39, 0.29) is 5.91 Å². The third-order valence-corrected chi connectivity index (χ3v) is 4.21. The van der Waals surface area contributed by atoms with Gasteiger partial charge in [0, 0.05) is 20.7 Å². The van der Waals surface area contributed by atoms with Crippen LogP contribution in [-0.4, -0.2) is 5.91 Å². The van der Waals surface area contributed by atoms with E-state index >= 15 is 0 Å². The Hall–Kier alpha value is -1.07. The van der Waals surface area contributed by atoms with Gasteiger partial charge in [-0.1, -0.05) is 29.8 Å². The predicted molar refractivity (Wildman–Crippen MR) is 86.5 cm³/mol. The zero-order chi connectivity index (χ0) is 13.8. The van der Waals surface area contributed by atoms with Crippen LogP contribution >= 0.6 is 34.2 Å². The molecule has 1 amide bonds. The molecule has 1 N–H and O–H groups in total. The van der Waals surface area contributed by atoms with Crippen LogP contribution in [0.4, 0.5) is 0 Å². The van der Waals surface area contributed by atoms with Gasteiger partial charge in [0.05, 0.1) is 0 Å². The van der Waals surface area contributed by atoms with Crippen molar-refractivity contribution in [2.24, 2.45) is 0 Å². The molecule has 0 fully saturated rings. The number of nitrogens with one attached hydrogen (secondary N) is 1. The van der Waals surface area contributed by atoms with Crippen LogP contribution in [0.3, 0.4) is 0 Å². The van der Waals surface area contributed by atoms with Crippen molar-refractivity contribution >= 4 is 40.1 Å². The van der Waals surface area contributed by atoms with Crippen molar-refractivity contribution in [3.63, 3.8) is 0 Å². The highest BCUT2D eigenvalue weighted by molar-refractivity contribution is 14.1. The lowest BCUT2D eigenvalue weighted by Gasteiger charge is -2.07. The average molecular weight is 386 g/mol. The standard InChI is InChI=1S/C15H13ClINO/c1-10-2-5-12(8-14(10)17)15(19)18-9-11-3-6-13(16)7-4-11/h2-8H,9H2,1H3,(H,18,19). The van der Waals surface area contributed by atoms with Crippen LogP contribution in [0, 0.1) is 10.5 Å². The van der Waals surface area contributed by atoms with Crippen molar-refractivity contribution in [2.75, 3.05) is 0 Å². The second-order valence-corrected chi connectivity index (χ2v) is 5.87. The lowest BCUT2D eigenvalue weighted by Crippen LogP contribution is -2.22. The van der Waals surface area contributed by atoms with Crippen molar-refractivity contribution < 1.29 is 4.79 Å². The number of carbonyl (C=O) groups is 1. The van der Waals surface area contributed by atoms with E-state index in [9.17, 15) is 4.79 Å². The van der Waals surface area contributed by atoms with E-state index in [1.807, 2.05) is 49.4 Å². The minimum absolute atomic E-state index is 0.0622. The number of benzene rings is 2. The zero-order valence-electron chi connectivity index (χ0n) is 10.4. The number of aryl methyl sites for hydroxylation is 1. The van der Waals surface area contributed by atoms with Crippen molar-refractivity contribution in [3.8, 4) is 0 Å². The molecule has 0 aliphatic rings. The summed E-state index contributed by atoms with van der Waals surface area (Å²) < 4.78 is 1.09. The number of hydrogen-bond acceptors (Lipinski definition) is 1. The SMILES string of the molecule is Cc1ccc(C(=O)NCc2ccc(Cl)cc2)cc1I. The summed E-state index contributed by atoms with van der Waals surface area (Å²) in [6, 6.07) is 13.1. The van der Waals surface area contributed by atoms with E-state index in [4.69, 9.17) is 11.6 Å². The number of carbonyl (C=O) groups excluding carboxylic acids is 1. The molecule has 0 aliphatic carbocycles. The van der Waals surface area contributed by atoms with E-state index in [0.717, 1.165) is 9.13 Å². The third kappa shape index (κ3) is 3.94. The maximum Gasteiger partial charge on any atom is 0.251 e. The molecule has 0 aliphatic heterocycles. The van der Waals surface area contributed by atoms with Gasteiger partial charge in [0.15, 0.2) is 0 Å². The maximum absolute atomic E-state index is 12.0. The Morgan fingerprint density at radius 3 is 2.53 bits per heavy atom. The van der Waals surface area contributed by atoms with Gasteiger partial charge in [0.25, 0.3) is 5.91 Å². The highest BCUT2D eigenvalue weighted by atomic mass is 127. The van der Waals surface area contributed by atoms with Gasteiger partial charge in [-0.05, 0) is 64.9 Å². The Morgan fingerprint density at radius 1 is 1.21 bits per heavy atom. The van der Waals surface area contributed by atoms with E-state index in [1.165, 1.54) is 5.56 Å². The minimum Gasteiger partial charge on any atom is -0.348 e. The largest absolute Gasteiger partial charge is 0.348 e. The van der Waals surface area contributed by atoms with E-state index < -0.39 is 0 Å². The van der Waals surface area contributed by atoms with Gasteiger partial charge in [-0.15, -0.1) is 0 Å². The number of amides is 1. The fourth-order valence-electron chi connectivity index (χ4n) is 1.62. The topological polar surface area (TPSA) is 29.1 Å². The molecule has 0 spiro atoms. The summed E-state index contributed by atoms with van der Waals surface area (Å²) in [6.45, 7) is 2.53. The van der Waals surface area contributed by atoms with Gasteiger partial charge < -0.3 is 5.32 Å². The third-order valence-electron chi connectivity index (χ3n) is 2.80. The molecule has 0 saturated heterocycles. The summed E-state index contributed by atoms with van der Waals surface area (Å²) in [7, 11) is 0. The van der Waals surface area contributed by atoms with E-state index in [2.05, 4.69) is 27.9 Å². The first-order valence-corrected chi connectivity index (χ1v) is 7.31. The van der Waals surface area contributed by atoms with Gasteiger partial charge in [-0.25, -0.2) is 0 Å². The summed E-state index contributed by atoms with van der Waals surface area (Å²) >= 11 is 8.05. The summed E-state index contributed by atoms with van der Waals surface area (Å²) in [5.74, 6) is -0.0622. The van der Waals surface area contributed by atoms with Gasteiger partial charge in [-0.3, -0.25) is 4.79 Å². The number of hydrogen-bond donors (Lipinski definition) is 1. The van der Waals surface area contributed by atoms with E-state index in [0.29, 0.717) is 17.1 Å². The second kappa shape index (κ2) is 6.39. The van der Waals surface area contributed by atoms with Gasteiger partial charge in [0.2, 0.25) is 0 Å². The number of rotatable bonds is 3. The molecule has 2 aromatic carbocycles. The quantitative estimate of drug-likeness (QED) is 0.789. The summed E-state index contributed by atoms with van der Waals surface area (Å²) in [6.07, 6.45) is 0. The Morgan fingerprint density at radius 2 is 1.89 bits per heavy atom. The molecule has 0 radical (unpaired) electrons. The van der Waals surface area contributed by atoms with Crippen molar-refractivity contribution in [3.05, 3.63) is 67.7 Å². The van der Waals surface area contributed by atoms with E-state index in [1.54, 1.807) is 0 Å². The van der Waals surface area contributed by atoms with Crippen molar-refractivity contribution in [2.45, 2.75) is 13.5 Å². The molecule has 2 nitrogen and oxygen atoms in total. The Bertz CT molecular complexity index is 596. The second-order valence-electron chi connectivity index (χ2n) is 4.27. The Balaban J connectivity index is 2.01. The van der Waals surface area contributed by atoms with Gasteiger partial charge in [0.1, 0.15) is 0 Å². The van der Waals surface area contributed by atoms with Crippen LogP contribution in [-0.2, 0) is 6.54 Å². The molecule has 0 unspecified atom stereocenters. The molecule has 4 heteroatoms. The summed E-state index contributed by atoms with van der Waals surface area (Å²) in [5.41, 5.74) is 2.89. The molecule has 0 aromatic heterocycles. The molecule has 2 aromatic rings. The van der Waals surface area contributed by atoms with Crippen LogP contribution in [0.5, 0.6) is 0 Å². The smallest absolute Gasteiger partial charge is 0.251 e. The van der Waals surface area contributed by atoms with Gasteiger partial charge in [-0.2, -0.15) is 0 Å². The lowest BCUT2D eigenvalue weighted by atomic mass is 10.1. The lowest BCUT2D eigenvalue weighted by molar-refractivity contribution is 0.0951. The predicted octanol–water partition coefficient (Wildman–Crippen LogP) is 4.18. The molecule has 0 atom stereocenters. The molecule has 2 rings (SSSR count). The molecular weight excluding hydrogens is 373 g/mol. The van der Waals surface area contributed by atoms with Crippen LogP contribution in [0.25, 0.3) is 0 Å². The molecule has 0 saturated carbocycles. The van der Waals surface area contributed by atoms with Crippen LogP contribution in [0.15, 0.2) is 42.5 Å². The van der Waals surface area contributed by atoms with Gasteiger partial charge >= 0.3 is 0 Å². The van der Waals surface area contributed by atoms with Crippen LogP contribution < -0.4 is 5.32 Å². The van der Waals surface area contributed by atoms with Crippen molar-refractivity contribution in [1.29, 1.82) is 0 Å². The Kier molecular flexibility index (Phi) is 4.82. The summed E-state index contributed by atoms with van der Waals surface area (Å²) in [4.78, 5) is 12.0. The fraction of sp³-hybridized carbons (Fsp3) is 0.133. The fourth-order valence-corrected chi connectivity index (χ4v) is 2.26. The molecular formula is C15H13ClINO. The molecule has 0 heterocycles. The molecule has 19 heavy (non-hydrogen) atoms. The van der Waals surface area contributed by atoms with Crippen LogP contribution in [0.1, 0.15) is 21.5 Å². The molecule has 0 bridgehead atoms. The highest BCUT2D eigenvalue weighted by Crippen LogP contribution is 2.14. The average Bonchev–Trinajstić information content (AvgIpc) is 2.41. The molecule has 98 valence electrons. The Labute approximate surface area is 131 Å². The zero-order valence-corrected chi connectivity index (χ0v) is 13.3. The maximum atomic E-state index is 12.0. The number of halogens is 2. The first kappa shape index (κ1) is 14.3. The normalized spacial score (nSPS) is 10.3.